The molecule has 1 rings (SSSR count). The molecule has 0 aliphatic rings. The minimum Gasteiger partial charge on any atom is -0.392 e. The maximum Gasteiger partial charge on any atom is 0.243 e. The molecule has 0 heterocycles. The summed E-state index contributed by atoms with van der Waals surface area (Å²) in [5, 5.41) is 8.89. The summed E-state index contributed by atoms with van der Waals surface area (Å²) in [7, 11) is -3.87. The van der Waals surface area contributed by atoms with E-state index in [4.69, 9.17) is 5.11 Å². The van der Waals surface area contributed by atoms with E-state index in [1.807, 2.05) is 6.92 Å². The van der Waals surface area contributed by atoms with E-state index in [1.165, 1.54) is 12.1 Å². The summed E-state index contributed by atoms with van der Waals surface area (Å²) < 4.78 is 40.4. The van der Waals surface area contributed by atoms with Crippen molar-refractivity contribution in [1.82, 2.24) is 4.72 Å². The first kappa shape index (κ1) is 17.4. The molecule has 0 radical (unpaired) electrons. The van der Waals surface area contributed by atoms with Gasteiger partial charge >= 0.3 is 0 Å². The molecule has 0 bridgehead atoms. The molecule has 0 fully saturated rings. The number of aliphatic hydroxyl groups excluding tert-OH is 1. The molecule has 4 nitrogen and oxygen atoms in total. The van der Waals surface area contributed by atoms with Crippen LogP contribution in [0.5, 0.6) is 0 Å². The molecule has 0 aliphatic carbocycles. The number of benzene rings is 1. The van der Waals surface area contributed by atoms with E-state index in [0.717, 1.165) is 17.6 Å². The molecule has 0 aliphatic heterocycles. The summed E-state index contributed by atoms with van der Waals surface area (Å²) in [6.07, 6.45) is 0.689. The molecular weight excluding hydrogens is 301 g/mol. The van der Waals surface area contributed by atoms with Gasteiger partial charge in [0.15, 0.2) is 0 Å². The molecule has 2 N–H and O–H groups in total. The topological polar surface area (TPSA) is 66.4 Å². The van der Waals surface area contributed by atoms with Crippen LogP contribution in [0.15, 0.2) is 23.1 Å². The lowest BCUT2D eigenvalue weighted by Gasteiger charge is -2.14. The lowest BCUT2D eigenvalue weighted by molar-refractivity contribution is 0.281. The van der Waals surface area contributed by atoms with Gasteiger partial charge in [0.25, 0.3) is 0 Å². The Morgan fingerprint density at radius 3 is 2.70 bits per heavy atom. The lowest BCUT2D eigenvalue weighted by atomic mass is 10.2. The predicted octanol–water partition coefficient (Wildman–Crippen LogP) is 2.13. The summed E-state index contributed by atoms with van der Waals surface area (Å²) in [6.45, 7) is 3.47. The van der Waals surface area contributed by atoms with Gasteiger partial charge in [-0.2, -0.15) is 11.8 Å². The Bertz CT molecular complexity index is 534. The van der Waals surface area contributed by atoms with Crippen molar-refractivity contribution < 1.29 is 17.9 Å². The van der Waals surface area contributed by atoms with Crippen molar-refractivity contribution in [1.29, 1.82) is 0 Å². The highest BCUT2D eigenvalue weighted by Gasteiger charge is 2.21. The van der Waals surface area contributed by atoms with Crippen molar-refractivity contribution in [2.45, 2.75) is 37.8 Å². The van der Waals surface area contributed by atoms with Gasteiger partial charge in [0.2, 0.25) is 10.0 Å². The highest BCUT2D eigenvalue weighted by atomic mass is 32.2. The maximum absolute atomic E-state index is 13.8. The van der Waals surface area contributed by atoms with Gasteiger partial charge in [-0.1, -0.05) is 13.0 Å². The number of hydrogen-bond donors (Lipinski definition) is 2. The summed E-state index contributed by atoms with van der Waals surface area (Å²) in [5.41, 5.74) is 0.342. The molecule has 20 heavy (non-hydrogen) atoms. The highest BCUT2D eigenvalue weighted by molar-refractivity contribution is 7.99. The van der Waals surface area contributed by atoms with E-state index in [9.17, 15) is 12.8 Å². The largest absolute Gasteiger partial charge is 0.392 e. The Hall–Kier alpha value is -0.630. The van der Waals surface area contributed by atoms with Crippen LogP contribution in [0.1, 0.15) is 25.8 Å². The average Bonchev–Trinajstić information content (AvgIpc) is 2.37. The van der Waals surface area contributed by atoms with Crippen LogP contribution in [-0.4, -0.2) is 31.1 Å². The number of halogens is 1. The van der Waals surface area contributed by atoms with E-state index in [0.29, 0.717) is 12.0 Å². The molecular formula is C13H20FNO3S2. The number of nitrogens with one attached hydrogen (secondary N) is 1. The molecule has 0 saturated carbocycles. The van der Waals surface area contributed by atoms with Crippen molar-refractivity contribution in [2.24, 2.45) is 0 Å². The van der Waals surface area contributed by atoms with Crippen LogP contribution in [0.4, 0.5) is 4.39 Å². The molecule has 7 heteroatoms. The third kappa shape index (κ3) is 5.05. The first-order valence-electron chi connectivity index (χ1n) is 6.40. The van der Waals surface area contributed by atoms with E-state index < -0.39 is 15.8 Å². The minimum atomic E-state index is -3.87. The molecule has 0 spiro atoms. The minimum absolute atomic E-state index is 0.254. The van der Waals surface area contributed by atoms with Gasteiger partial charge in [0.1, 0.15) is 10.7 Å². The Labute approximate surface area is 123 Å². The molecule has 1 atom stereocenters. The van der Waals surface area contributed by atoms with Gasteiger partial charge in [-0.05, 0) is 42.5 Å². The first-order valence-corrected chi connectivity index (χ1v) is 9.03. The fourth-order valence-electron chi connectivity index (χ4n) is 1.65. The molecule has 1 aromatic rings. The fourth-order valence-corrected chi connectivity index (χ4v) is 3.80. The summed E-state index contributed by atoms with van der Waals surface area (Å²) in [4.78, 5) is -0.385. The van der Waals surface area contributed by atoms with Gasteiger partial charge in [-0.3, -0.25) is 0 Å². The number of hydrogen-bond acceptors (Lipinski definition) is 4. The van der Waals surface area contributed by atoms with Crippen LogP contribution >= 0.6 is 11.8 Å². The van der Waals surface area contributed by atoms with E-state index in [1.54, 1.807) is 18.7 Å². The summed E-state index contributed by atoms with van der Waals surface area (Å²) >= 11 is 1.73. The van der Waals surface area contributed by atoms with Gasteiger partial charge in [-0.25, -0.2) is 17.5 Å². The molecule has 1 unspecified atom stereocenters. The van der Waals surface area contributed by atoms with Gasteiger partial charge in [0, 0.05) is 6.04 Å². The van der Waals surface area contributed by atoms with Crippen LogP contribution in [0.3, 0.4) is 0 Å². The third-order valence-corrected chi connectivity index (χ3v) is 5.28. The monoisotopic (exact) mass is 321 g/mol. The van der Waals surface area contributed by atoms with E-state index in [2.05, 4.69) is 4.72 Å². The van der Waals surface area contributed by atoms with E-state index >= 15 is 0 Å². The zero-order valence-corrected chi connectivity index (χ0v) is 13.2. The van der Waals surface area contributed by atoms with Crippen molar-refractivity contribution in [2.75, 3.05) is 11.5 Å². The molecule has 0 aromatic heterocycles. The number of rotatable bonds is 8. The highest BCUT2D eigenvalue weighted by Crippen LogP contribution is 2.17. The molecule has 114 valence electrons. The second-order valence-corrected chi connectivity index (χ2v) is 7.51. The molecule has 0 amide bonds. The van der Waals surface area contributed by atoms with Crippen LogP contribution in [0.2, 0.25) is 0 Å². The zero-order valence-electron chi connectivity index (χ0n) is 11.6. The summed E-state index contributed by atoms with van der Waals surface area (Å²) in [6, 6.07) is 3.36. The summed E-state index contributed by atoms with van der Waals surface area (Å²) in [5.74, 6) is 0.988. The predicted molar refractivity (Wildman–Crippen MR) is 79.7 cm³/mol. The standard InChI is InChI=1S/C13H20FNO3S2/c1-3-19-7-6-10(2)15-20(17,18)13-5-4-11(9-16)8-12(13)14/h4-5,8,10,15-16H,3,6-7,9H2,1-2H3. The third-order valence-electron chi connectivity index (χ3n) is 2.72. The first-order chi connectivity index (χ1) is 9.40. The Balaban J connectivity index is 2.78. The Morgan fingerprint density at radius 2 is 2.15 bits per heavy atom. The fraction of sp³-hybridized carbons (Fsp3) is 0.538. The van der Waals surface area contributed by atoms with Gasteiger partial charge < -0.3 is 5.11 Å². The molecule has 1 aromatic carbocycles. The van der Waals surface area contributed by atoms with Crippen molar-refractivity contribution in [3.8, 4) is 0 Å². The lowest BCUT2D eigenvalue weighted by Crippen LogP contribution is -2.33. The number of aliphatic hydroxyl groups is 1. The van der Waals surface area contributed by atoms with Crippen LogP contribution in [-0.2, 0) is 16.6 Å². The number of sulfonamides is 1. The van der Waals surface area contributed by atoms with Crippen LogP contribution in [0.25, 0.3) is 0 Å². The second-order valence-electron chi connectivity index (χ2n) is 4.43. The molecule has 0 saturated heterocycles. The van der Waals surface area contributed by atoms with E-state index in [-0.39, 0.29) is 17.5 Å². The Morgan fingerprint density at radius 1 is 1.45 bits per heavy atom. The van der Waals surface area contributed by atoms with Gasteiger partial charge in [-0.15, -0.1) is 0 Å². The van der Waals surface area contributed by atoms with Crippen molar-refractivity contribution in [3.05, 3.63) is 29.6 Å². The van der Waals surface area contributed by atoms with Crippen LogP contribution < -0.4 is 4.72 Å². The quantitative estimate of drug-likeness (QED) is 0.720. The normalized spacial score (nSPS) is 13.4. The maximum atomic E-state index is 13.8. The zero-order chi connectivity index (χ0) is 15.2. The van der Waals surface area contributed by atoms with Crippen molar-refractivity contribution in [3.63, 3.8) is 0 Å². The average molecular weight is 321 g/mol. The smallest absolute Gasteiger partial charge is 0.243 e. The van der Waals surface area contributed by atoms with Crippen molar-refractivity contribution >= 4 is 21.8 Å². The second kappa shape index (κ2) is 7.97. The van der Waals surface area contributed by atoms with Gasteiger partial charge in [0.05, 0.1) is 6.61 Å². The Kier molecular flexibility index (Phi) is 6.94. The number of thioether (sulfide) groups is 1. The SMILES string of the molecule is CCSCCC(C)NS(=O)(=O)c1ccc(CO)cc1F. The van der Waals surface area contributed by atoms with Crippen LogP contribution in [0, 0.1) is 5.82 Å².